The van der Waals surface area contributed by atoms with E-state index in [4.69, 9.17) is 0 Å². The maximum atomic E-state index is 12.8. The summed E-state index contributed by atoms with van der Waals surface area (Å²) < 4.78 is 38.3. The van der Waals surface area contributed by atoms with Crippen LogP contribution < -0.4 is 5.32 Å². The van der Waals surface area contributed by atoms with Crippen LogP contribution in [0.2, 0.25) is 0 Å². The molecule has 0 heterocycles. The summed E-state index contributed by atoms with van der Waals surface area (Å²) in [6.45, 7) is 0.539. The van der Waals surface area contributed by atoms with Gasteiger partial charge in [-0.3, -0.25) is 4.79 Å². The summed E-state index contributed by atoms with van der Waals surface area (Å²) >= 11 is 0. The fourth-order valence-corrected chi connectivity index (χ4v) is 3.54. The van der Waals surface area contributed by atoms with Crippen LogP contribution in [0.25, 0.3) is 0 Å². The van der Waals surface area contributed by atoms with Gasteiger partial charge in [-0.1, -0.05) is 43.9 Å². The number of hydrogen-bond acceptors (Lipinski definition) is 2. The number of halogens is 3. The molecule has 1 amide bonds. The average molecular weight is 356 g/mol. The number of alkyl halides is 3. The second-order valence-corrected chi connectivity index (χ2v) is 7.18. The molecule has 6 heteroatoms. The molecule has 1 N–H and O–H groups in total. The minimum absolute atomic E-state index is 0.0343. The van der Waals surface area contributed by atoms with E-state index < -0.39 is 11.7 Å². The number of nitrogens with one attached hydrogen (secondary N) is 1. The first-order valence-corrected chi connectivity index (χ1v) is 8.83. The van der Waals surface area contributed by atoms with Gasteiger partial charge in [-0.25, -0.2) is 0 Å². The number of carbonyl (C=O) groups is 1. The molecular weight excluding hydrogens is 329 g/mol. The summed E-state index contributed by atoms with van der Waals surface area (Å²) in [5.74, 6) is -0.232. The van der Waals surface area contributed by atoms with Gasteiger partial charge in [-0.15, -0.1) is 0 Å². The molecule has 0 aromatic heterocycles. The van der Waals surface area contributed by atoms with Crippen molar-refractivity contribution in [2.75, 3.05) is 20.6 Å². The first-order valence-electron chi connectivity index (χ1n) is 8.83. The molecular formula is C19H27F3N2O. The van der Waals surface area contributed by atoms with Crippen molar-refractivity contribution in [1.29, 1.82) is 0 Å². The third-order valence-corrected chi connectivity index (χ3v) is 5.22. The van der Waals surface area contributed by atoms with Crippen LogP contribution in [0.15, 0.2) is 24.3 Å². The Morgan fingerprint density at radius 2 is 1.80 bits per heavy atom. The van der Waals surface area contributed by atoms with Crippen molar-refractivity contribution < 1.29 is 18.0 Å². The van der Waals surface area contributed by atoms with Gasteiger partial charge in [0.1, 0.15) is 0 Å². The zero-order valence-corrected chi connectivity index (χ0v) is 15.0. The fourth-order valence-electron chi connectivity index (χ4n) is 3.54. The number of nitrogens with zero attached hydrogens (tertiary/aromatic N) is 1. The van der Waals surface area contributed by atoms with Gasteiger partial charge >= 0.3 is 6.18 Å². The molecule has 0 radical (unpaired) electrons. The zero-order valence-electron chi connectivity index (χ0n) is 15.0. The van der Waals surface area contributed by atoms with E-state index in [9.17, 15) is 18.0 Å². The average Bonchev–Trinajstić information content (AvgIpc) is 2.79. The zero-order chi connectivity index (χ0) is 18.5. The predicted molar refractivity (Wildman–Crippen MR) is 92.3 cm³/mol. The lowest BCUT2D eigenvalue weighted by Crippen LogP contribution is -2.52. The van der Waals surface area contributed by atoms with Crippen LogP contribution in [-0.4, -0.2) is 37.0 Å². The third-order valence-electron chi connectivity index (χ3n) is 5.22. The number of benzene rings is 1. The van der Waals surface area contributed by atoms with Crippen LogP contribution in [0.1, 0.15) is 49.7 Å². The molecule has 0 unspecified atom stereocenters. The molecule has 1 aromatic carbocycles. The Bertz CT molecular complexity index is 576. The van der Waals surface area contributed by atoms with Crippen molar-refractivity contribution in [2.24, 2.45) is 0 Å². The molecule has 0 spiro atoms. The van der Waals surface area contributed by atoms with Crippen LogP contribution in [0.4, 0.5) is 13.2 Å². The summed E-state index contributed by atoms with van der Waals surface area (Å²) in [5.41, 5.74) is -0.390. The Morgan fingerprint density at radius 3 is 2.36 bits per heavy atom. The highest BCUT2D eigenvalue weighted by atomic mass is 19.4. The number of likely N-dealkylation sites (N-methyl/N-ethyl adjacent to an activating group) is 1. The maximum absolute atomic E-state index is 12.8. The van der Waals surface area contributed by atoms with Crippen molar-refractivity contribution in [3.63, 3.8) is 0 Å². The van der Waals surface area contributed by atoms with Gasteiger partial charge in [-0.2, -0.15) is 13.2 Å². The molecule has 2 rings (SSSR count). The Hall–Kier alpha value is -1.56. The molecule has 0 aliphatic heterocycles. The highest BCUT2D eigenvalue weighted by molar-refractivity contribution is 5.78. The topological polar surface area (TPSA) is 32.3 Å². The second kappa shape index (κ2) is 8.21. The fraction of sp³-hybridized carbons (Fsp3) is 0.632. The van der Waals surface area contributed by atoms with Gasteiger partial charge in [0.05, 0.1) is 12.0 Å². The van der Waals surface area contributed by atoms with E-state index >= 15 is 0 Å². The minimum Gasteiger partial charge on any atom is -0.354 e. The van der Waals surface area contributed by atoms with E-state index in [1.165, 1.54) is 18.9 Å². The predicted octanol–water partition coefficient (Wildman–Crippen LogP) is 4.02. The van der Waals surface area contributed by atoms with Crippen LogP contribution in [0, 0.1) is 0 Å². The molecule has 1 fully saturated rings. The summed E-state index contributed by atoms with van der Waals surface area (Å²) in [7, 11) is 4.06. The molecule has 1 saturated carbocycles. The third kappa shape index (κ3) is 5.46. The van der Waals surface area contributed by atoms with E-state index in [1.807, 2.05) is 14.1 Å². The minimum atomic E-state index is -4.39. The molecule has 3 nitrogen and oxygen atoms in total. The Kier molecular flexibility index (Phi) is 6.49. The maximum Gasteiger partial charge on any atom is 0.416 e. The van der Waals surface area contributed by atoms with Crippen molar-refractivity contribution >= 4 is 5.91 Å². The van der Waals surface area contributed by atoms with Gasteiger partial charge in [0.15, 0.2) is 0 Å². The Balaban J connectivity index is 1.97. The molecule has 0 atom stereocenters. The summed E-state index contributed by atoms with van der Waals surface area (Å²) in [5, 5.41) is 2.95. The van der Waals surface area contributed by atoms with Crippen LogP contribution in [0.3, 0.4) is 0 Å². The lowest BCUT2D eigenvalue weighted by molar-refractivity contribution is -0.137. The van der Waals surface area contributed by atoms with Gasteiger partial charge < -0.3 is 10.2 Å². The SMILES string of the molecule is CN(C)C1(CNC(=O)Cc2cccc(C(F)(F)F)c2)CCCCCC1. The van der Waals surface area contributed by atoms with Crippen LogP contribution in [0.5, 0.6) is 0 Å². The Labute approximate surface area is 147 Å². The van der Waals surface area contributed by atoms with Gasteiger partial charge in [0.25, 0.3) is 0 Å². The van der Waals surface area contributed by atoms with E-state index in [0.29, 0.717) is 12.1 Å². The van der Waals surface area contributed by atoms with E-state index in [0.717, 1.165) is 37.8 Å². The molecule has 0 saturated heterocycles. The standard InChI is InChI=1S/C19H27F3N2O/c1-24(2)18(10-5-3-4-6-11-18)14-23-17(25)13-15-8-7-9-16(12-15)19(20,21)22/h7-9,12H,3-6,10-11,13-14H2,1-2H3,(H,23,25). The number of hydrogen-bond donors (Lipinski definition) is 1. The second-order valence-electron chi connectivity index (χ2n) is 7.18. The monoisotopic (exact) mass is 356 g/mol. The largest absolute Gasteiger partial charge is 0.416 e. The van der Waals surface area contributed by atoms with E-state index in [1.54, 1.807) is 6.07 Å². The highest BCUT2D eigenvalue weighted by Gasteiger charge is 2.33. The van der Waals surface area contributed by atoms with Gasteiger partial charge in [-0.05, 0) is 38.6 Å². The molecule has 1 aliphatic carbocycles. The summed E-state index contributed by atoms with van der Waals surface area (Å²) in [6.07, 6.45) is 2.35. The van der Waals surface area contributed by atoms with Crippen LogP contribution >= 0.6 is 0 Å². The van der Waals surface area contributed by atoms with Crippen molar-refractivity contribution in [3.05, 3.63) is 35.4 Å². The lowest BCUT2D eigenvalue weighted by Gasteiger charge is -2.39. The summed E-state index contributed by atoms with van der Waals surface area (Å²) in [4.78, 5) is 14.4. The van der Waals surface area contributed by atoms with Gasteiger partial charge in [0, 0.05) is 12.1 Å². The first kappa shape index (κ1) is 19.8. The van der Waals surface area contributed by atoms with Crippen molar-refractivity contribution in [1.82, 2.24) is 10.2 Å². The van der Waals surface area contributed by atoms with Crippen LogP contribution in [-0.2, 0) is 17.4 Å². The first-order chi connectivity index (χ1) is 11.7. The Morgan fingerprint density at radius 1 is 1.16 bits per heavy atom. The molecule has 1 aliphatic rings. The van der Waals surface area contributed by atoms with Crippen molar-refractivity contribution in [2.45, 2.75) is 56.7 Å². The normalized spacial score (nSPS) is 18.0. The molecule has 0 bridgehead atoms. The highest BCUT2D eigenvalue weighted by Crippen LogP contribution is 2.31. The number of rotatable bonds is 5. The summed E-state index contributed by atoms with van der Waals surface area (Å²) in [6, 6.07) is 4.97. The number of amides is 1. The lowest BCUT2D eigenvalue weighted by atomic mass is 9.88. The quantitative estimate of drug-likeness (QED) is 0.808. The van der Waals surface area contributed by atoms with Crippen molar-refractivity contribution in [3.8, 4) is 0 Å². The van der Waals surface area contributed by atoms with E-state index in [2.05, 4.69) is 10.2 Å². The molecule has 25 heavy (non-hydrogen) atoms. The molecule has 1 aromatic rings. The smallest absolute Gasteiger partial charge is 0.354 e. The van der Waals surface area contributed by atoms with Gasteiger partial charge in [0.2, 0.25) is 5.91 Å². The van der Waals surface area contributed by atoms with E-state index in [-0.39, 0.29) is 17.9 Å². The molecule has 140 valence electrons. The number of carbonyl (C=O) groups excluding carboxylic acids is 1.